The molecule has 0 heterocycles. The number of nitrogens with one attached hydrogen (secondary N) is 1. The predicted molar refractivity (Wildman–Crippen MR) is 73.2 cm³/mol. The van der Waals surface area contributed by atoms with E-state index in [-0.39, 0.29) is 23.4 Å². The Labute approximate surface area is 109 Å². The molecule has 2 rings (SSSR count). The van der Waals surface area contributed by atoms with E-state index in [1.807, 2.05) is 44.2 Å². The van der Waals surface area contributed by atoms with E-state index < -0.39 is 0 Å². The summed E-state index contributed by atoms with van der Waals surface area (Å²) in [6, 6.07) is 10.3. The molecule has 1 aliphatic rings. The molecule has 98 valence electrons. The molecule has 1 aromatic rings. The molecular weight excluding hydrogens is 224 g/mol. The molecule has 0 saturated heterocycles. The van der Waals surface area contributed by atoms with E-state index in [1.54, 1.807) is 0 Å². The summed E-state index contributed by atoms with van der Waals surface area (Å²) in [5, 5.41) is 3.09. The van der Waals surface area contributed by atoms with E-state index in [4.69, 9.17) is 5.73 Å². The van der Waals surface area contributed by atoms with Crippen molar-refractivity contribution in [2.45, 2.75) is 50.6 Å². The van der Waals surface area contributed by atoms with Gasteiger partial charge in [0.1, 0.15) is 0 Å². The van der Waals surface area contributed by atoms with Gasteiger partial charge in [0.25, 0.3) is 0 Å². The SMILES string of the molecule is CC(N)CC(C)NC(=O)C1(c2ccccc2)CC1. The van der Waals surface area contributed by atoms with E-state index in [1.165, 1.54) is 0 Å². The molecule has 1 aliphatic carbocycles. The van der Waals surface area contributed by atoms with Gasteiger partial charge in [0.15, 0.2) is 0 Å². The number of nitrogens with two attached hydrogens (primary N) is 1. The van der Waals surface area contributed by atoms with Crippen LogP contribution in [0.3, 0.4) is 0 Å². The third-order valence-corrected chi connectivity index (χ3v) is 3.61. The van der Waals surface area contributed by atoms with Crippen molar-refractivity contribution >= 4 is 5.91 Å². The van der Waals surface area contributed by atoms with Crippen LogP contribution in [-0.2, 0) is 10.2 Å². The highest BCUT2D eigenvalue weighted by Crippen LogP contribution is 2.48. The van der Waals surface area contributed by atoms with Gasteiger partial charge in [-0.2, -0.15) is 0 Å². The highest BCUT2D eigenvalue weighted by atomic mass is 16.2. The van der Waals surface area contributed by atoms with Crippen LogP contribution in [0.1, 0.15) is 38.7 Å². The summed E-state index contributed by atoms with van der Waals surface area (Å²) in [5.41, 5.74) is 6.62. The van der Waals surface area contributed by atoms with Gasteiger partial charge in [-0.1, -0.05) is 30.3 Å². The molecule has 18 heavy (non-hydrogen) atoms. The van der Waals surface area contributed by atoms with Crippen molar-refractivity contribution in [3.05, 3.63) is 35.9 Å². The molecule has 3 nitrogen and oxygen atoms in total. The molecule has 2 unspecified atom stereocenters. The van der Waals surface area contributed by atoms with Gasteiger partial charge in [0.2, 0.25) is 5.91 Å². The third-order valence-electron chi connectivity index (χ3n) is 3.61. The minimum Gasteiger partial charge on any atom is -0.353 e. The van der Waals surface area contributed by atoms with Gasteiger partial charge in [-0.25, -0.2) is 0 Å². The second kappa shape index (κ2) is 5.11. The van der Waals surface area contributed by atoms with Gasteiger partial charge < -0.3 is 11.1 Å². The Morgan fingerprint density at radius 1 is 1.33 bits per heavy atom. The summed E-state index contributed by atoms with van der Waals surface area (Å²) in [6.45, 7) is 3.98. The molecule has 1 saturated carbocycles. The average Bonchev–Trinajstić information content (AvgIpc) is 3.10. The summed E-state index contributed by atoms with van der Waals surface area (Å²) < 4.78 is 0. The molecule has 1 fully saturated rings. The number of carbonyl (C=O) groups excluding carboxylic acids is 1. The summed E-state index contributed by atoms with van der Waals surface area (Å²) >= 11 is 0. The lowest BCUT2D eigenvalue weighted by molar-refractivity contribution is -0.124. The van der Waals surface area contributed by atoms with Crippen LogP contribution in [0.4, 0.5) is 0 Å². The quantitative estimate of drug-likeness (QED) is 0.834. The van der Waals surface area contributed by atoms with Crippen LogP contribution in [0.15, 0.2) is 30.3 Å². The topological polar surface area (TPSA) is 55.1 Å². The number of benzene rings is 1. The first-order valence-electron chi connectivity index (χ1n) is 6.67. The Bertz CT molecular complexity index is 410. The fourth-order valence-electron chi connectivity index (χ4n) is 2.51. The lowest BCUT2D eigenvalue weighted by Crippen LogP contribution is -2.42. The first kappa shape index (κ1) is 13.1. The van der Waals surface area contributed by atoms with Crippen LogP contribution in [0.2, 0.25) is 0 Å². The first-order chi connectivity index (χ1) is 8.54. The number of rotatable bonds is 5. The maximum Gasteiger partial charge on any atom is 0.230 e. The molecule has 3 N–H and O–H groups in total. The third kappa shape index (κ3) is 2.72. The van der Waals surface area contributed by atoms with Crippen molar-refractivity contribution in [2.75, 3.05) is 0 Å². The van der Waals surface area contributed by atoms with Crippen molar-refractivity contribution in [1.82, 2.24) is 5.32 Å². The average molecular weight is 246 g/mol. The van der Waals surface area contributed by atoms with Crippen LogP contribution in [0.25, 0.3) is 0 Å². The van der Waals surface area contributed by atoms with Crippen molar-refractivity contribution in [3.63, 3.8) is 0 Å². The molecule has 0 radical (unpaired) electrons. The van der Waals surface area contributed by atoms with E-state index in [0.717, 1.165) is 24.8 Å². The van der Waals surface area contributed by atoms with Crippen LogP contribution in [-0.4, -0.2) is 18.0 Å². The number of carbonyl (C=O) groups is 1. The molecule has 2 atom stereocenters. The summed E-state index contributed by atoms with van der Waals surface area (Å²) in [5.74, 6) is 0.154. The molecule has 1 amide bonds. The fraction of sp³-hybridized carbons (Fsp3) is 0.533. The predicted octanol–water partition coefficient (Wildman–Crippen LogP) is 1.96. The summed E-state index contributed by atoms with van der Waals surface area (Å²) in [6.07, 6.45) is 2.72. The Morgan fingerprint density at radius 3 is 2.44 bits per heavy atom. The van der Waals surface area contributed by atoms with Crippen LogP contribution in [0, 0.1) is 0 Å². The van der Waals surface area contributed by atoms with Crippen molar-refractivity contribution in [3.8, 4) is 0 Å². The highest BCUT2D eigenvalue weighted by Gasteiger charge is 2.51. The van der Waals surface area contributed by atoms with Crippen LogP contribution < -0.4 is 11.1 Å². The maximum absolute atomic E-state index is 12.4. The molecule has 1 aromatic carbocycles. The normalized spacial score (nSPS) is 19.9. The monoisotopic (exact) mass is 246 g/mol. The van der Waals surface area contributed by atoms with Gasteiger partial charge in [0, 0.05) is 12.1 Å². The van der Waals surface area contributed by atoms with Gasteiger partial charge in [-0.15, -0.1) is 0 Å². The molecule has 0 aromatic heterocycles. The zero-order valence-electron chi connectivity index (χ0n) is 11.1. The number of hydrogen-bond acceptors (Lipinski definition) is 2. The smallest absolute Gasteiger partial charge is 0.230 e. The lowest BCUT2D eigenvalue weighted by Gasteiger charge is -2.21. The van der Waals surface area contributed by atoms with Gasteiger partial charge in [-0.05, 0) is 38.7 Å². The molecule has 3 heteroatoms. The zero-order chi connectivity index (χ0) is 13.2. The Hall–Kier alpha value is -1.35. The van der Waals surface area contributed by atoms with Crippen molar-refractivity contribution < 1.29 is 4.79 Å². The van der Waals surface area contributed by atoms with E-state index in [2.05, 4.69) is 5.32 Å². The Morgan fingerprint density at radius 2 is 1.94 bits per heavy atom. The van der Waals surface area contributed by atoms with Crippen LogP contribution >= 0.6 is 0 Å². The fourth-order valence-corrected chi connectivity index (χ4v) is 2.51. The first-order valence-corrected chi connectivity index (χ1v) is 6.67. The highest BCUT2D eigenvalue weighted by molar-refractivity contribution is 5.91. The van der Waals surface area contributed by atoms with Crippen LogP contribution in [0.5, 0.6) is 0 Å². The minimum atomic E-state index is -0.270. The second-order valence-electron chi connectivity index (χ2n) is 5.54. The van der Waals surface area contributed by atoms with Gasteiger partial charge in [0.05, 0.1) is 5.41 Å². The summed E-state index contributed by atoms with van der Waals surface area (Å²) in [4.78, 5) is 12.4. The number of hydrogen-bond donors (Lipinski definition) is 2. The lowest BCUT2D eigenvalue weighted by atomic mass is 9.94. The zero-order valence-corrected chi connectivity index (χ0v) is 11.1. The molecular formula is C15H22N2O. The number of amides is 1. The molecule has 0 bridgehead atoms. The molecule has 0 spiro atoms. The van der Waals surface area contributed by atoms with Crippen molar-refractivity contribution in [2.24, 2.45) is 5.73 Å². The minimum absolute atomic E-state index is 0.118. The van der Waals surface area contributed by atoms with Gasteiger partial charge in [-0.3, -0.25) is 4.79 Å². The van der Waals surface area contributed by atoms with E-state index in [0.29, 0.717) is 0 Å². The second-order valence-corrected chi connectivity index (χ2v) is 5.54. The largest absolute Gasteiger partial charge is 0.353 e. The Balaban J connectivity index is 2.01. The maximum atomic E-state index is 12.4. The molecule has 0 aliphatic heterocycles. The Kier molecular flexibility index (Phi) is 3.71. The standard InChI is InChI=1S/C15H22N2O/c1-11(16)10-12(2)17-14(18)15(8-9-15)13-6-4-3-5-7-13/h3-7,11-12H,8-10,16H2,1-2H3,(H,17,18). The van der Waals surface area contributed by atoms with Crippen molar-refractivity contribution in [1.29, 1.82) is 0 Å². The summed E-state index contributed by atoms with van der Waals surface area (Å²) in [7, 11) is 0. The van der Waals surface area contributed by atoms with Gasteiger partial charge >= 0.3 is 0 Å². The van der Waals surface area contributed by atoms with E-state index >= 15 is 0 Å². The van der Waals surface area contributed by atoms with E-state index in [9.17, 15) is 4.79 Å².